The molecule has 0 unspecified atom stereocenters. The Morgan fingerprint density at radius 1 is 1.30 bits per heavy atom. The lowest BCUT2D eigenvalue weighted by Crippen LogP contribution is -2.14. The van der Waals surface area contributed by atoms with Crippen molar-refractivity contribution in [2.75, 3.05) is 10.5 Å². The largest absolute Gasteiger partial charge is 0.393 e. The highest BCUT2D eigenvalue weighted by molar-refractivity contribution is 7.92. The molecule has 2 rings (SSSR count). The van der Waals surface area contributed by atoms with Crippen LogP contribution in [-0.2, 0) is 10.0 Å². The van der Waals surface area contributed by atoms with Crippen LogP contribution in [0.5, 0.6) is 0 Å². The molecule has 0 amide bonds. The van der Waals surface area contributed by atoms with Crippen molar-refractivity contribution in [3.8, 4) is 0 Å². The maximum Gasteiger partial charge on any atom is 0.293 e. The lowest BCUT2D eigenvalue weighted by atomic mass is 10.3. The van der Waals surface area contributed by atoms with Crippen molar-refractivity contribution in [2.45, 2.75) is 4.90 Å². The van der Waals surface area contributed by atoms with E-state index in [1.807, 2.05) is 0 Å². The van der Waals surface area contributed by atoms with Crippen molar-refractivity contribution in [1.29, 1.82) is 0 Å². The molecule has 2 aromatic rings. The fourth-order valence-electron chi connectivity index (χ4n) is 1.40. The molecule has 0 aliphatic heterocycles. The fraction of sp³-hybridized carbons (Fsp3) is 0. The van der Waals surface area contributed by atoms with Crippen LogP contribution < -0.4 is 10.5 Å². The van der Waals surface area contributed by atoms with Gasteiger partial charge in [-0.25, -0.2) is 8.42 Å². The number of nitro groups is 1. The van der Waals surface area contributed by atoms with Gasteiger partial charge in [0, 0.05) is 12.3 Å². The SMILES string of the molecule is Nc1ccc(S(=O)(=O)Nc2cccnn2)cc1[N+](=O)[O-]. The van der Waals surface area contributed by atoms with E-state index in [9.17, 15) is 18.5 Å². The number of nitro benzene ring substituents is 1. The highest BCUT2D eigenvalue weighted by atomic mass is 32.2. The number of nitrogens with zero attached hydrogens (tertiary/aromatic N) is 3. The first-order valence-electron chi connectivity index (χ1n) is 5.24. The number of nitrogen functional groups attached to an aromatic ring is 1. The molecule has 0 aliphatic rings. The Labute approximate surface area is 113 Å². The zero-order valence-corrected chi connectivity index (χ0v) is 10.7. The van der Waals surface area contributed by atoms with Gasteiger partial charge in [-0.2, -0.15) is 5.10 Å². The molecule has 20 heavy (non-hydrogen) atoms. The van der Waals surface area contributed by atoms with Crippen molar-refractivity contribution >= 4 is 27.2 Å². The third-order valence-corrected chi connectivity index (χ3v) is 3.67. The first-order valence-corrected chi connectivity index (χ1v) is 6.73. The van der Waals surface area contributed by atoms with Gasteiger partial charge in [-0.15, -0.1) is 5.10 Å². The van der Waals surface area contributed by atoms with Gasteiger partial charge < -0.3 is 5.73 Å². The summed E-state index contributed by atoms with van der Waals surface area (Å²) in [5.41, 5.74) is 4.81. The minimum absolute atomic E-state index is 0.00646. The van der Waals surface area contributed by atoms with Gasteiger partial charge in [0.1, 0.15) is 5.69 Å². The van der Waals surface area contributed by atoms with E-state index in [0.717, 1.165) is 12.1 Å². The molecule has 1 heterocycles. The normalized spacial score (nSPS) is 11.0. The lowest BCUT2D eigenvalue weighted by Gasteiger charge is -2.07. The van der Waals surface area contributed by atoms with Gasteiger partial charge in [-0.1, -0.05) is 0 Å². The number of aromatic nitrogens is 2. The first-order chi connectivity index (χ1) is 9.40. The summed E-state index contributed by atoms with van der Waals surface area (Å²) in [6, 6.07) is 6.10. The number of benzene rings is 1. The van der Waals surface area contributed by atoms with Gasteiger partial charge >= 0.3 is 0 Å². The van der Waals surface area contributed by atoms with Crippen LogP contribution in [0.15, 0.2) is 41.4 Å². The topological polar surface area (TPSA) is 141 Å². The zero-order chi connectivity index (χ0) is 14.8. The van der Waals surface area contributed by atoms with E-state index in [-0.39, 0.29) is 16.4 Å². The Kier molecular flexibility index (Phi) is 3.48. The van der Waals surface area contributed by atoms with Gasteiger partial charge in [0.05, 0.1) is 9.82 Å². The molecule has 0 aliphatic carbocycles. The van der Waals surface area contributed by atoms with Gasteiger partial charge in [0.25, 0.3) is 15.7 Å². The summed E-state index contributed by atoms with van der Waals surface area (Å²) in [7, 11) is -4.00. The fourth-order valence-corrected chi connectivity index (χ4v) is 2.42. The summed E-state index contributed by atoms with van der Waals surface area (Å²) in [4.78, 5) is 9.71. The van der Waals surface area contributed by atoms with E-state index >= 15 is 0 Å². The Morgan fingerprint density at radius 3 is 2.65 bits per heavy atom. The van der Waals surface area contributed by atoms with Gasteiger partial charge in [0.15, 0.2) is 5.82 Å². The molecular weight excluding hydrogens is 286 g/mol. The Morgan fingerprint density at radius 2 is 2.05 bits per heavy atom. The number of hydrogen-bond acceptors (Lipinski definition) is 7. The summed E-state index contributed by atoms with van der Waals surface area (Å²) in [5.74, 6) is 0.00646. The number of nitrogens with two attached hydrogens (primary N) is 1. The number of sulfonamides is 1. The third-order valence-electron chi connectivity index (χ3n) is 2.32. The minimum Gasteiger partial charge on any atom is -0.393 e. The summed E-state index contributed by atoms with van der Waals surface area (Å²) in [6.45, 7) is 0. The second-order valence-corrected chi connectivity index (χ2v) is 5.37. The average molecular weight is 295 g/mol. The molecule has 10 heteroatoms. The molecule has 0 bridgehead atoms. The van der Waals surface area contributed by atoms with Crippen LogP contribution in [0.1, 0.15) is 0 Å². The van der Waals surface area contributed by atoms with Crippen molar-refractivity contribution in [2.24, 2.45) is 0 Å². The van der Waals surface area contributed by atoms with Crippen LogP contribution in [-0.4, -0.2) is 23.5 Å². The van der Waals surface area contributed by atoms with E-state index < -0.39 is 20.6 Å². The molecule has 3 N–H and O–H groups in total. The third kappa shape index (κ3) is 2.80. The molecule has 104 valence electrons. The smallest absolute Gasteiger partial charge is 0.293 e. The number of anilines is 2. The van der Waals surface area contributed by atoms with Crippen LogP contribution in [0.2, 0.25) is 0 Å². The zero-order valence-electron chi connectivity index (χ0n) is 9.92. The molecular formula is C10H9N5O4S. The van der Waals surface area contributed by atoms with Crippen molar-refractivity contribution < 1.29 is 13.3 Å². The van der Waals surface area contributed by atoms with Crippen molar-refractivity contribution in [3.63, 3.8) is 0 Å². The molecule has 0 saturated heterocycles. The second kappa shape index (κ2) is 5.09. The number of rotatable bonds is 4. The van der Waals surface area contributed by atoms with Crippen molar-refractivity contribution in [3.05, 3.63) is 46.6 Å². The van der Waals surface area contributed by atoms with Crippen LogP contribution in [0.3, 0.4) is 0 Å². The Hall–Kier alpha value is -2.75. The van der Waals surface area contributed by atoms with Crippen LogP contribution in [0.25, 0.3) is 0 Å². The second-order valence-electron chi connectivity index (χ2n) is 3.69. The number of hydrogen-bond donors (Lipinski definition) is 2. The van der Waals surface area contributed by atoms with E-state index in [2.05, 4.69) is 14.9 Å². The molecule has 1 aromatic carbocycles. The standard InChI is InChI=1S/C10H9N5O4S/c11-8-4-3-7(6-9(8)15(16)17)20(18,19)14-10-2-1-5-12-13-10/h1-6H,11H2,(H,13,14). The van der Waals surface area contributed by atoms with E-state index in [1.165, 1.54) is 24.4 Å². The van der Waals surface area contributed by atoms with Gasteiger partial charge in [-0.3, -0.25) is 14.8 Å². The summed E-state index contributed by atoms with van der Waals surface area (Å²) in [6.07, 6.45) is 1.38. The van der Waals surface area contributed by atoms with Crippen LogP contribution in [0.4, 0.5) is 17.2 Å². The monoisotopic (exact) mass is 295 g/mol. The summed E-state index contributed by atoms with van der Waals surface area (Å²) < 4.78 is 26.2. The van der Waals surface area contributed by atoms with E-state index in [0.29, 0.717) is 0 Å². The summed E-state index contributed by atoms with van der Waals surface area (Å²) >= 11 is 0. The predicted molar refractivity (Wildman–Crippen MR) is 70.3 cm³/mol. The van der Waals surface area contributed by atoms with E-state index in [4.69, 9.17) is 5.73 Å². The molecule has 1 aromatic heterocycles. The molecule has 0 atom stereocenters. The van der Waals surface area contributed by atoms with Crippen LogP contribution in [0, 0.1) is 10.1 Å². The predicted octanol–water partition coefficient (Wildman–Crippen LogP) is 0.768. The highest BCUT2D eigenvalue weighted by Gasteiger charge is 2.20. The first kappa shape index (κ1) is 13.7. The minimum atomic E-state index is -4.00. The average Bonchev–Trinajstić information content (AvgIpc) is 2.39. The van der Waals surface area contributed by atoms with Crippen LogP contribution >= 0.6 is 0 Å². The Balaban J connectivity index is 2.40. The van der Waals surface area contributed by atoms with Gasteiger partial charge in [-0.05, 0) is 24.3 Å². The summed E-state index contributed by atoms with van der Waals surface area (Å²) in [5, 5.41) is 17.8. The quantitative estimate of drug-likeness (QED) is 0.482. The van der Waals surface area contributed by atoms with Gasteiger partial charge in [0.2, 0.25) is 0 Å². The lowest BCUT2D eigenvalue weighted by molar-refractivity contribution is -0.384. The molecule has 0 spiro atoms. The highest BCUT2D eigenvalue weighted by Crippen LogP contribution is 2.25. The Bertz CT molecular complexity index is 747. The molecule has 0 radical (unpaired) electrons. The molecule has 9 nitrogen and oxygen atoms in total. The molecule has 0 saturated carbocycles. The van der Waals surface area contributed by atoms with Crippen molar-refractivity contribution in [1.82, 2.24) is 10.2 Å². The van der Waals surface area contributed by atoms with E-state index in [1.54, 1.807) is 0 Å². The maximum atomic E-state index is 12.0. The maximum absolute atomic E-state index is 12.0. The number of nitrogens with one attached hydrogen (secondary N) is 1. The molecule has 0 fully saturated rings.